The van der Waals surface area contributed by atoms with E-state index in [4.69, 9.17) is 4.98 Å². The molecule has 0 aromatic heterocycles. The second-order valence-corrected chi connectivity index (χ2v) is 13.6. The van der Waals surface area contributed by atoms with E-state index in [-0.39, 0.29) is 5.54 Å². The van der Waals surface area contributed by atoms with Gasteiger partial charge in [-0.1, -0.05) is 76.4 Å². The zero-order valence-corrected chi connectivity index (χ0v) is 22.8. The van der Waals surface area contributed by atoms with E-state index < -0.39 is 8.24 Å². The van der Waals surface area contributed by atoms with Gasteiger partial charge >= 0.3 is 28.7 Å². The van der Waals surface area contributed by atoms with Crippen molar-refractivity contribution >= 4 is 17.5 Å². The molecule has 2 atom stereocenters. The average Bonchev–Trinajstić information content (AvgIpc) is 3.34. The summed E-state index contributed by atoms with van der Waals surface area (Å²) in [6, 6.07) is 0. The molecular formula is C24H41ClN2SiTi. The fourth-order valence-corrected chi connectivity index (χ4v) is 8.67. The van der Waals surface area contributed by atoms with E-state index in [0.29, 0.717) is 0 Å². The molecule has 1 saturated heterocycles. The van der Waals surface area contributed by atoms with E-state index in [1.54, 1.807) is 17.0 Å². The van der Waals surface area contributed by atoms with Crippen LogP contribution < -0.4 is 0 Å². The second kappa shape index (κ2) is 12.7. The van der Waals surface area contributed by atoms with Crippen molar-refractivity contribution in [2.45, 2.75) is 78.4 Å². The molecule has 1 aliphatic heterocycles. The molecule has 0 radical (unpaired) electrons. The first-order chi connectivity index (χ1) is 13.7. The van der Waals surface area contributed by atoms with Gasteiger partial charge in [-0.3, -0.25) is 0 Å². The Kier molecular flexibility index (Phi) is 11.8. The van der Waals surface area contributed by atoms with Gasteiger partial charge in [0.1, 0.15) is 0 Å². The fraction of sp³-hybridized carbons (Fsp3) is 0.667. The first-order valence-electron chi connectivity index (χ1n) is 11.0. The van der Waals surface area contributed by atoms with E-state index in [0.717, 1.165) is 11.8 Å². The first-order valence-corrected chi connectivity index (χ1v) is 16.1. The van der Waals surface area contributed by atoms with Gasteiger partial charge in [-0.15, -0.1) is 5.54 Å². The number of likely N-dealkylation sites (tertiary alicyclic amines) is 1. The molecule has 0 N–H and O–H groups in total. The molecule has 1 heterocycles. The predicted octanol–water partition coefficient (Wildman–Crippen LogP) is 7.67. The summed E-state index contributed by atoms with van der Waals surface area (Å²) in [6.45, 7) is 19.7. The van der Waals surface area contributed by atoms with Crippen molar-refractivity contribution in [3.8, 4) is 0 Å². The quantitative estimate of drug-likeness (QED) is 0.305. The molecule has 3 aliphatic rings. The van der Waals surface area contributed by atoms with Crippen LogP contribution in [0.1, 0.15) is 59.8 Å². The van der Waals surface area contributed by atoms with Gasteiger partial charge in [0, 0.05) is 24.7 Å². The normalized spacial score (nSPS) is 24.0. The minimum atomic E-state index is -1.67. The van der Waals surface area contributed by atoms with Gasteiger partial charge in [-0.2, -0.15) is 0 Å². The molecule has 0 bridgehead atoms. The second-order valence-electron chi connectivity index (χ2n) is 9.65. The maximum atomic E-state index is 5.28. The Hall–Kier alpha value is -0.0588. The molecule has 5 heteroatoms. The van der Waals surface area contributed by atoms with E-state index in [2.05, 4.69) is 66.8 Å². The van der Waals surface area contributed by atoms with Gasteiger partial charge < -0.3 is 9.88 Å². The number of hydrogen-bond donors (Lipinski definition) is 0. The van der Waals surface area contributed by atoms with Crippen LogP contribution >= 0.6 is 9.30 Å². The van der Waals surface area contributed by atoms with Crippen LogP contribution in [0.3, 0.4) is 0 Å². The van der Waals surface area contributed by atoms with E-state index in [9.17, 15) is 0 Å². The molecule has 3 rings (SSSR count). The van der Waals surface area contributed by atoms with Crippen molar-refractivity contribution in [3.63, 3.8) is 0 Å². The van der Waals surface area contributed by atoms with Crippen LogP contribution in [0.2, 0.25) is 13.1 Å². The van der Waals surface area contributed by atoms with Crippen LogP contribution in [-0.4, -0.2) is 31.8 Å². The van der Waals surface area contributed by atoms with Crippen molar-refractivity contribution in [1.82, 2.24) is 4.90 Å². The van der Waals surface area contributed by atoms with Crippen molar-refractivity contribution in [1.29, 1.82) is 0 Å². The Labute approximate surface area is 197 Å². The topological polar surface area (TPSA) is 17.3 Å². The van der Waals surface area contributed by atoms with E-state index in [1.165, 1.54) is 64.6 Å². The Morgan fingerprint density at radius 3 is 2.17 bits per heavy atom. The summed E-state index contributed by atoms with van der Waals surface area (Å²) in [5, 5.41) is 1.72. The fourth-order valence-electron chi connectivity index (χ4n) is 5.12. The van der Waals surface area contributed by atoms with Gasteiger partial charge in [0.2, 0.25) is 0 Å². The van der Waals surface area contributed by atoms with Crippen LogP contribution in [0.25, 0.3) is 4.98 Å². The summed E-state index contributed by atoms with van der Waals surface area (Å²) in [7, 11) is 2.97. The summed E-state index contributed by atoms with van der Waals surface area (Å²) in [4.78, 5) is 7.95. The monoisotopic (exact) mass is 468 g/mol. The average molecular weight is 469 g/mol. The third-order valence-corrected chi connectivity index (χ3v) is 9.03. The molecule has 0 spiro atoms. The molecule has 2 fully saturated rings. The summed E-state index contributed by atoms with van der Waals surface area (Å²) in [5.41, 5.74) is 1.74. The van der Waals surface area contributed by atoms with Gasteiger partial charge in [0.15, 0.2) is 0 Å². The number of rotatable bonds is 4. The number of allylic oxidation sites excluding steroid dienone is 7. The van der Waals surface area contributed by atoms with Crippen molar-refractivity contribution in [2.75, 3.05) is 13.1 Å². The summed E-state index contributed by atoms with van der Waals surface area (Å²) >= 11 is 1.47. The molecule has 2 aliphatic carbocycles. The van der Waals surface area contributed by atoms with Gasteiger partial charge in [0.25, 0.3) is 0 Å². The van der Waals surface area contributed by atoms with Gasteiger partial charge in [-0.25, -0.2) is 0 Å². The van der Waals surface area contributed by atoms with Crippen molar-refractivity contribution in [2.24, 2.45) is 11.8 Å². The molecule has 0 aromatic carbocycles. The van der Waals surface area contributed by atoms with Gasteiger partial charge in [-0.05, 0) is 52.8 Å². The van der Waals surface area contributed by atoms with Crippen molar-refractivity contribution < 1.29 is 19.4 Å². The third kappa shape index (κ3) is 8.18. The molecule has 2 nitrogen and oxygen atoms in total. The van der Waals surface area contributed by atoms with E-state index >= 15 is 0 Å². The Morgan fingerprint density at radius 2 is 1.69 bits per heavy atom. The molecule has 1 saturated carbocycles. The van der Waals surface area contributed by atoms with Crippen LogP contribution in [0.15, 0.2) is 47.9 Å². The molecule has 0 amide bonds. The first kappa shape index (κ1) is 27.0. The Balaban J connectivity index is 0.000000527. The molecule has 162 valence electrons. The van der Waals surface area contributed by atoms with Crippen LogP contribution in [0.5, 0.6) is 0 Å². The summed E-state index contributed by atoms with van der Waals surface area (Å²) < 4.78 is 0. The van der Waals surface area contributed by atoms with Gasteiger partial charge in [0.05, 0.1) is 0 Å². The summed E-state index contributed by atoms with van der Waals surface area (Å²) in [6.07, 6.45) is 17.5. The zero-order valence-electron chi connectivity index (χ0n) is 19.5. The number of fused-ring (bicyclic) bond motifs is 1. The molecule has 29 heavy (non-hydrogen) atoms. The molecule has 2 unspecified atom stereocenters. The van der Waals surface area contributed by atoms with Crippen LogP contribution in [0.4, 0.5) is 0 Å². The molecular weight excluding hydrogens is 428 g/mol. The Bertz CT molecular complexity index is 598. The SMILES string of the molecule is C=C/C=C/C.CC(C)(C)[N-][Si](C)(C)C1=CC=C(N2CCCC2)C2CCCC12.[Cl][Ti+]. The predicted molar refractivity (Wildman–Crippen MR) is 129 cm³/mol. The van der Waals surface area contributed by atoms with Crippen LogP contribution in [0, 0.1) is 11.8 Å². The maximum absolute atomic E-state index is 5.28. The Morgan fingerprint density at radius 1 is 1.10 bits per heavy atom. The summed E-state index contributed by atoms with van der Waals surface area (Å²) in [5.74, 6) is 1.58. The minimum absolute atomic E-state index is 0.0869. The zero-order chi connectivity index (χ0) is 22.1. The third-order valence-electron chi connectivity index (χ3n) is 5.85. The number of nitrogens with zero attached hydrogens (tertiary/aromatic N) is 2. The molecule has 0 aromatic rings. The standard InChI is InChI=1S/C19H33N2Si.C5H8.ClH.Ti/c1-19(2,3)20-22(4,5)18-12-11-17(21-13-6-7-14-21)15-9-8-10-16(15)18;1-3-5-4-2;;/h11-12,15-16H,6-10,13-14H2,1-5H3;3-5H,1H2,2H3;1H;/q-1;;;+2/p-1/b;5-4+;;. The van der Waals surface area contributed by atoms with Crippen molar-refractivity contribution in [3.05, 3.63) is 52.8 Å². The number of hydrogen-bond acceptors (Lipinski definition) is 1. The number of halogens is 1. The van der Waals surface area contributed by atoms with E-state index in [1.807, 2.05) is 19.1 Å². The van der Waals surface area contributed by atoms with Crippen LogP contribution in [-0.2, 0) is 19.4 Å².